The first kappa shape index (κ1) is 14.6. The van der Waals surface area contributed by atoms with Crippen LogP contribution in [-0.4, -0.2) is 16.2 Å². The highest BCUT2D eigenvalue weighted by molar-refractivity contribution is 5.97. The highest BCUT2D eigenvalue weighted by atomic mass is 16.4. The molecule has 0 unspecified atom stereocenters. The first-order valence-electron chi connectivity index (χ1n) is 6.99. The highest BCUT2D eigenvalue weighted by Gasteiger charge is 2.21. The van der Waals surface area contributed by atoms with E-state index < -0.39 is 5.97 Å². The van der Waals surface area contributed by atoms with E-state index in [1.54, 1.807) is 18.2 Å². The second kappa shape index (κ2) is 5.84. The van der Waals surface area contributed by atoms with Crippen LogP contribution in [0, 0.1) is 4.91 Å². The Morgan fingerprint density at radius 2 is 1.74 bits per heavy atom. The molecule has 0 bridgehead atoms. The number of nitrogens with zero attached hydrogens (tertiary/aromatic N) is 2. The van der Waals surface area contributed by atoms with E-state index in [9.17, 15) is 14.8 Å². The number of carboxylic acid groups (broad SMARTS) is 1. The fourth-order valence-electron chi connectivity index (χ4n) is 2.59. The van der Waals surface area contributed by atoms with Gasteiger partial charge in [0.2, 0.25) is 0 Å². The molecule has 3 N–H and O–H groups in total. The molecule has 114 valence electrons. The Balaban J connectivity index is 2.54. The molecule has 1 heterocycles. The van der Waals surface area contributed by atoms with Crippen molar-refractivity contribution >= 4 is 22.7 Å². The van der Waals surface area contributed by atoms with E-state index in [-0.39, 0.29) is 22.3 Å². The van der Waals surface area contributed by atoms with Crippen LogP contribution < -0.4 is 10.3 Å². The maximum absolute atomic E-state index is 12.1. The Bertz CT molecular complexity index is 956. The largest absolute Gasteiger partial charge is 0.481 e. The Kier molecular flexibility index (Phi) is 3.72. The smallest absolute Gasteiger partial charge is 0.346 e. The molecule has 3 aromatic rings. The normalized spacial score (nSPS) is 10.6. The summed E-state index contributed by atoms with van der Waals surface area (Å²) in [6.45, 7) is 0. The summed E-state index contributed by atoms with van der Waals surface area (Å²) in [5, 5.41) is 13.8. The number of aromatic nitrogens is 2. The Morgan fingerprint density at radius 3 is 2.43 bits per heavy atom. The van der Waals surface area contributed by atoms with Gasteiger partial charge in [0, 0.05) is 10.9 Å². The fourth-order valence-corrected chi connectivity index (χ4v) is 2.59. The number of nitrogens with two attached hydrogens (primary N) is 1. The van der Waals surface area contributed by atoms with Crippen LogP contribution in [0.4, 0.5) is 5.82 Å². The molecule has 6 nitrogen and oxygen atoms in total. The highest BCUT2D eigenvalue weighted by Crippen LogP contribution is 2.31. The van der Waals surface area contributed by atoms with Crippen molar-refractivity contribution in [3.8, 4) is 11.1 Å². The molecule has 0 amide bonds. The average molecular weight is 308 g/mol. The molecule has 0 saturated carbocycles. The lowest BCUT2D eigenvalue weighted by Gasteiger charge is -2.06. The van der Waals surface area contributed by atoms with E-state index in [0.717, 1.165) is 5.56 Å². The predicted octanol–water partition coefficient (Wildman–Crippen LogP) is 2.03. The van der Waals surface area contributed by atoms with Gasteiger partial charge in [-0.05, 0) is 21.6 Å². The van der Waals surface area contributed by atoms with Crippen molar-refractivity contribution < 1.29 is 14.4 Å². The number of hydrogen-bond acceptors (Lipinski definition) is 4. The van der Waals surface area contributed by atoms with Crippen molar-refractivity contribution in [2.75, 3.05) is 5.73 Å². The third-order valence-corrected chi connectivity index (χ3v) is 3.58. The number of anilines is 1. The minimum absolute atomic E-state index is 0.206. The third kappa shape index (κ3) is 2.74. The van der Waals surface area contributed by atoms with Gasteiger partial charge in [-0.15, -0.1) is 0 Å². The maximum atomic E-state index is 12.1. The number of carboxylic acids is 1. The van der Waals surface area contributed by atoms with Gasteiger partial charge >= 0.3 is 11.8 Å². The van der Waals surface area contributed by atoms with Gasteiger partial charge in [-0.25, -0.2) is 0 Å². The van der Waals surface area contributed by atoms with Crippen LogP contribution >= 0.6 is 0 Å². The van der Waals surface area contributed by atoms with Gasteiger partial charge in [0.05, 0.1) is 12.0 Å². The molecule has 6 heteroatoms. The number of rotatable bonds is 3. The lowest BCUT2D eigenvalue weighted by atomic mass is 9.95. The summed E-state index contributed by atoms with van der Waals surface area (Å²) in [6, 6.07) is 16.3. The third-order valence-electron chi connectivity index (χ3n) is 3.58. The second-order valence-corrected chi connectivity index (χ2v) is 5.07. The van der Waals surface area contributed by atoms with Crippen molar-refractivity contribution in [3.05, 3.63) is 65.1 Å². The molecule has 0 spiro atoms. The molecule has 0 atom stereocenters. The standard InChI is InChI=1S/C17H13N3O3/c18-17-13(10-15(21)22)16(11-6-2-1-3-7-11)12-8-4-5-9-14(12)19-20(17)23/h1-9H,10H2,(H2-,18,19,21,22,23)/p+1. The SMILES string of the molecule is Nc1c(CC(=O)O)c(-c2ccccc2)c2ccccc2n[n+]1=O. The van der Waals surface area contributed by atoms with Gasteiger partial charge in [-0.2, -0.15) is 0 Å². The number of benzene rings is 2. The average Bonchev–Trinajstić information content (AvgIpc) is 2.64. The molecule has 0 aliphatic rings. The van der Waals surface area contributed by atoms with Crippen LogP contribution in [0.1, 0.15) is 5.56 Å². The van der Waals surface area contributed by atoms with Gasteiger partial charge in [0.25, 0.3) is 0 Å². The van der Waals surface area contributed by atoms with Crippen LogP contribution in [-0.2, 0) is 11.2 Å². The van der Waals surface area contributed by atoms with Crippen molar-refractivity contribution in [2.45, 2.75) is 6.42 Å². The molecule has 0 saturated heterocycles. The molecule has 23 heavy (non-hydrogen) atoms. The summed E-state index contributed by atoms with van der Waals surface area (Å²) < 4.78 is 0.285. The van der Waals surface area contributed by atoms with Gasteiger partial charge in [-0.3, -0.25) is 10.5 Å². The Labute approximate surface area is 131 Å². The van der Waals surface area contributed by atoms with E-state index in [1.807, 2.05) is 36.4 Å². The van der Waals surface area contributed by atoms with Gasteiger partial charge in [0.15, 0.2) is 0 Å². The molecule has 0 radical (unpaired) electrons. The lowest BCUT2D eigenvalue weighted by molar-refractivity contribution is -0.545. The molecule has 3 rings (SSSR count). The number of fused-ring (bicyclic) bond motifs is 1. The van der Waals surface area contributed by atoms with Crippen LogP contribution in [0.15, 0.2) is 54.6 Å². The predicted molar refractivity (Wildman–Crippen MR) is 86.3 cm³/mol. The van der Waals surface area contributed by atoms with Crippen LogP contribution in [0.3, 0.4) is 0 Å². The van der Waals surface area contributed by atoms with Crippen molar-refractivity contribution in [1.29, 1.82) is 0 Å². The monoisotopic (exact) mass is 308 g/mol. The minimum Gasteiger partial charge on any atom is -0.481 e. The first-order valence-corrected chi connectivity index (χ1v) is 6.99. The minimum atomic E-state index is -1.07. The zero-order valence-corrected chi connectivity index (χ0v) is 12.1. The zero-order valence-electron chi connectivity index (χ0n) is 12.1. The number of hydrogen-bond donors (Lipinski definition) is 2. The summed E-state index contributed by atoms with van der Waals surface area (Å²) in [7, 11) is 0. The topological polar surface area (TPSA) is 99.2 Å². The zero-order chi connectivity index (χ0) is 16.4. The summed E-state index contributed by atoms with van der Waals surface area (Å²) in [5.74, 6) is -1.27. The van der Waals surface area contributed by atoms with E-state index in [1.165, 1.54) is 0 Å². The number of nitrogen functional groups attached to an aromatic ring is 1. The van der Waals surface area contributed by atoms with Crippen molar-refractivity contribution in [3.63, 3.8) is 0 Å². The number of carbonyl (C=O) groups is 1. The quantitative estimate of drug-likeness (QED) is 0.721. The summed E-state index contributed by atoms with van der Waals surface area (Å²) in [4.78, 5) is 23.4. The summed E-state index contributed by atoms with van der Waals surface area (Å²) in [6.07, 6.45) is -0.362. The Morgan fingerprint density at radius 1 is 1.09 bits per heavy atom. The van der Waals surface area contributed by atoms with Crippen LogP contribution in [0.5, 0.6) is 0 Å². The van der Waals surface area contributed by atoms with Crippen molar-refractivity contribution in [1.82, 2.24) is 5.10 Å². The molecule has 2 aromatic carbocycles. The van der Waals surface area contributed by atoms with E-state index >= 15 is 0 Å². The molecule has 1 aromatic heterocycles. The molecule has 0 aliphatic carbocycles. The van der Waals surface area contributed by atoms with E-state index in [2.05, 4.69) is 5.10 Å². The van der Waals surface area contributed by atoms with Crippen molar-refractivity contribution in [2.24, 2.45) is 0 Å². The number of aliphatic carboxylic acids is 1. The first-order chi connectivity index (χ1) is 11.1. The van der Waals surface area contributed by atoms with Gasteiger partial charge in [0.1, 0.15) is 10.1 Å². The lowest BCUT2D eigenvalue weighted by Crippen LogP contribution is -2.24. The second-order valence-electron chi connectivity index (χ2n) is 5.07. The molecule has 0 fully saturated rings. The summed E-state index contributed by atoms with van der Waals surface area (Å²) >= 11 is 0. The fraction of sp³-hybridized carbons (Fsp3) is 0.0588. The maximum Gasteiger partial charge on any atom is 0.346 e. The van der Waals surface area contributed by atoms with Crippen LogP contribution in [0.25, 0.3) is 22.0 Å². The molecular weight excluding hydrogens is 294 g/mol. The Hall–Kier alpha value is -3.28. The molecule has 0 aliphatic heterocycles. The van der Waals surface area contributed by atoms with Crippen LogP contribution in [0.2, 0.25) is 0 Å². The summed E-state index contributed by atoms with van der Waals surface area (Å²) in [5.41, 5.74) is 7.99. The van der Waals surface area contributed by atoms with E-state index in [0.29, 0.717) is 16.5 Å². The van der Waals surface area contributed by atoms with Gasteiger partial charge < -0.3 is 5.11 Å². The van der Waals surface area contributed by atoms with Gasteiger partial charge in [-0.1, -0.05) is 48.5 Å². The van der Waals surface area contributed by atoms with E-state index in [4.69, 9.17) is 5.73 Å². The molecular formula is C17H14N3O3+.